The van der Waals surface area contributed by atoms with Crippen molar-refractivity contribution >= 4 is 0 Å². The molecule has 0 heterocycles. The van der Waals surface area contributed by atoms with Gasteiger partial charge in [0.15, 0.2) is 0 Å². The molecule has 0 amide bonds. The minimum Gasteiger partial charge on any atom is -0.310 e. The molecule has 1 nitrogen and oxygen atoms in total. The lowest BCUT2D eigenvalue weighted by atomic mass is 9.88. The largest absolute Gasteiger partial charge is 0.310 e. The number of halogens is 1. The van der Waals surface area contributed by atoms with Gasteiger partial charge in [-0.3, -0.25) is 0 Å². The number of hydrogen-bond donors (Lipinski definition) is 1. The minimum absolute atomic E-state index is 0.0367. The van der Waals surface area contributed by atoms with E-state index in [-0.39, 0.29) is 11.9 Å². The lowest BCUT2D eigenvalue weighted by Crippen LogP contribution is -2.28. The molecule has 2 heteroatoms. The summed E-state index contributed by atoms with van der Waals surface area (Å²) in [5, 5.41) is 3.50. The number of hydrogen-bond acceptors (Lipinski definition) is 1. The maximum atomic E-state index is 14.3. The van der Waals surface area contributed by atoms with Crippen molar-refractivity contribution in [2.45, 2.75) is 52.5 Å². The Hall–Kier alpha value is -0.890. The molecule has 1 saturated carbocycles. The van der Waals surface area contributed by atoms with Crippen LogP contribution < -0.4 is 5.32 Å². The average molecular weight is 249 g/mol. The van der Waals surface area contributed by atoms with E-state index in [9.17, 15) is 4.39 Å². The van der Waals surface area contributed by atoms with Crippen LogP contribution in [-0.2, 0) is 0 Å². The Labute approximate surface area is 110 Å². The Morgan fingerprint density at radius 2 is 1.94 bits per heavy atom. The Kier molecular flexibility index (Phi) is 4.39. The third-order valence-electron chi connectivity index (χ3n) is 4.09. The molecule has 0 saturated heterocycles. The molecule has 1 aromatic carbocycles. The fraction of sp³-hybridized carbons (Fsp3) is 0.625. The summed E-state index contributed by atoms with van der Waals surface area (Å²) in [5.74, 6) is 0.561. The topological polar surface area (TPSA) is 12.0 Å². The minimum atomic E-state index is -0.0367. The Morgan fingerprint density at radius 3 is 2.50 bits per heavy atom. The highest BCUT2D eigenvalue weighted by Gasteiger charge is 2.28. The molecule has 0 bridgehead atoms. The van der Waals surface area contributed by atoms with E-state index in [2.05, 4.69) is 18.3 Å². The molecule has 18 heavy (non-hydrogen) atoms. The van der Waals surface area contributed by atoms with Gasteiger partial charge in [-0.05, 0) is 56.3 Å². The van der Waals surface area contributed by atoms with Gasteiger partial charge in [0.2, 0.25) is 0 Å². The molecule has 0 radical (unpaired) electrons. The third-order valence-corrected chi connectivity index (χ3v) is 4.09. The van der Waals surface area contributed by atoms with E-state index in [0.29, 0.717) is 5.92 Å². The zero-order valence-corrected chi connectivity index (χ0v) is 11.7. The molecule has 1 atom stereocenters. The number of benzene rings is 1. The van der Waals surface area contributed by atoms with Crippen molar-refractivity contribution in [2.24, 2.45) is 5.92 Å². The lowest BCUT2D eigenvalue weighted by molar-refractivity contribution is 0.362. The fourth-order valence-corrected chi connectivity index (χ4v) is 3.34. The van der Waals surface area contributed by atoms with Crippen molar-refractivity contribution < 1.29 is 4.39 Å². The van der Waals surface area contributed by atoms with Gasteiger partial charge in [0, 0.05) is 11.6 Å². The van der Waals surface area contributed by atoms with Crippen molar-refractivity contribution in [3.8, 4) is 0 Å². The molecule has 1 unspecified atom stereocenters. The van der Waals surface area contributed by atoms with Crippen molar-refractivity contribution in [2.75, 3.05) is 6.54 Å². The second-order valence-electron chi connectivity index (χ2n) is 5.56. The van der Waals surface area contributed by atoms with E-state index >= 15 is 0 Å². The van der Waals surface area contributed by atoms with E-state index < -0.39 is 0 Å². The molecular weight excluding hydrogens is 225 g/mol. The van der Waals surface area contributed by atoms with Gasteiger partial charge in [-0.25, -0.2) is 4.39 Å². The molecule has 1 aromatic rings. The predicted octanol–water partition coefficient (Wildman–Crippen LogP) is 4.28. The predicted molar refractivity (Wildman–Crippen MR) is 74.2 cm³/mol. The first kappa shape index (κ1) is 13.5. The molecule has 0 aliphatic heterocycles. The van der Waals surface area contributed by atoms with Crippen LogP contribution in [0.15, 0.2) is 12.1 Å². The quantitative estimate of drug-likeness (QED) is 0.839. The summed E-state index contributed by atoms with van der Waals surface area (Å²) in [6.45, 7) is 6.99. The van der Waals surface area contributed by atoms with E-state index in [1.165, 1.54) is 25.7 Å². The normalized spacial score (nSPS) is 18.2. The second kappa shape index (κ2) is 5.83. The highest BCUT2D eigenvalue weighted by atomic mass is 19.1. The second-order valence-corrected chi connectivity index (χ2v) is 5.56. The molecule has 100 valence electrons. The molecule has 1 N–H and O–H groups in total. The first-order chi connectivity index (χ1) is 8.63. The van der Waals surface area contributed by atoms with Crippen LogP contribution in [0.25, 0.3) is 0 Å². The number of nitrogens with one attached hydrogen (secondary N) is 1. The smallest absolute Gasteiger partial charge is 0.128 e. The van der Waals surface area contributed by atoms with Crippen LogP contribution in [0.4, 0.5) is 4.39 Å². The van der Waals surface area contributed by atoms with E-state index in [1.54, 1.807) is 6.07 Å². The van der Waals surface area contributed by atoms with Gasteiger partial charge in [-0.15, -0.1) is 0 Å². The SMILES string of the molecule is CCNC(c1c(C)cc(C)cc1F)C1CCCC1. The van der Waals surface area contributed by atoms with Crippen LogP contribution in [0.5, 0.6) is 0 Å². The lowest BCUT2D eigenvalue weighted by Gasteiger charge is -2.27. The van der Waals surface area contributed by atoms with Gasteiger partial charge in [-0.1, -0.05) is 25.8 Å². The third kappa shape index (κ3) is 2.74. The molecule has 2 rings (SSSR count). The van der Waals surface area contributed by atoms with Crippen molar-refractivity contribution in [1.29, 1.82) is 0 Å². The van der Waals surface area contributed by atoms with Gasteiger partial charge in [0.05, 0.1) is 0 Å². The van der Waals surface area contributed by atoms with Crippen LogP contribution in [-0.4, -0.2) is 6.54 Å². The van der Waals surface area contributed by atoms with Crippen LogP contribution in [0.1, 0.15) is 55.3 Å². The zero-order chi connectivity index (χ0) is 13.1. The van der Waals surface area contributed by atoms with Crippen LogP contribution >= 0.6 is 0 Å². The summed E-state index contributed by atoms with van der Waals surface area (Å²) in [4.78, 5) is 0. The van der Waals surface area contributed by atoms with Gasteiger partial charge < -0.3 is 5.32 Å². The van der Waals surface area contributed by atoms with Crippen LogP contribution in [0, 0.1) is 25.6 Å². The number of aryl methyl sites for hydroxylation is 2. The van der Waals surface area contributed by atoms with Crippen LogP contribution in [0.3, 0.4) is 0 Å². The van der Waals surface area contributed by atoms with E-state index in [1.807, 2.05) is 13.8 Å². The Bertz CT molecular complexity index is 385. The van der Waals surface area contributed by atoms with Gasteiger partial charge in [0.1, 0.15) is 5.82 Å². The van der Waals surface area contributed by atoms with E-state index in [4.69, 9.17) is 0 Å². The monoisotopic (exact) mass is 249 g/mol. The maximum Gasteiger partial charge on any atom is 0.128 e. The summed E-state index contributed by atoms with van der Waals surface area (Å²) in [6, 6.07) is 3.96. The first-order valence-electron chi connectivity index (χ1n) is 7.13. The summed E-state index contributed by atoms with van der Waals surface area (Å²) in [5.41, 5.74) is 3.00. The summed E-state index contributed by atoms with van der Waals surface area (Å²) < 4.78 is 14.3. The summed E-state index contributed by atoms with van der Waals surface area (Å²) in [6.07, 6.45) is 5.03. The highest BCUT2D eigenvalue weighted by molar-refractivity contribution is 5.35. The zero-order valence-electron chi connectivity index (χ0n) is 11.7. The summed E-state index contributed by atoms with van der Waals surface area (Å²) in [7, 11) is 0. The number of rotatable bonds is 4. The standard InChI is InChI=1S/C16H24FN/c1-4-18-16(13-7-5-6-8-13)15-12(3)9-11(2)10-14(15)17/h9-10,13,16,18H,4-8H2,1-3H3. The van der Waals surface area contributed by atoms with Gasteiger partial charge in [-0.2, -0.15) is 0 Å². The molecule has 1 fully saturated rings. The van der Waals surface area contributed by atoms with Gasteiger partial charge >= 0.3 is 0 Å². The van der Waals surface area contributed by atoms with Crippen molar-refractivity contribution in [3.05, 3.63) is 34.6 Å². The van der Waals surface area contributed by atoms with Crippen molar-refractivity contribution in [1.82, 2.24) is 5.32 Å². The Balaban J connectivity index is 2.35. The van der Waals surface area contributed by atoms with E-state index in [0.717, 1.165) is 23.2 Å². The molecular formula is C16H24FN. The molecule has 0 aromatic heterocycles. The molecule has 1 aliphatic carbocycles. The van der Waals surface area contributed by atoms with Crippen molar-refractivity contribution in [3.63, 3.8) is 0 Å². The first-order valence-corrected chi connectivity index (χ1v) is 7.13. The van der Waals surface area contributed by atoms with Crippen LogP contribution in [0.2, 0.25) is 0 Å². The molecule has 0 spiro atoms. The molecule has 1 aliphatic rings. The summed E-state index contributed by atoms with van der Waals surface area (Å²) >= 11 is 0. The van der Waals surface area contributed by atoms with Gasteiger partial charge in [0.25, 0.3) is 0 Å². The maximum absolute atomic E-state index is 14.3. The Morgan fingerprint density at radius 1 is 1.28 bits per heavy atom. The average Bonchev–Trinajstić information content (AvgIpc) is 2.79. The fourth-order valence-electron chi connectivity index (χ4n) is 3.34. The highest BCUT2D eigenvalue weighted by Crippen LogP contribution is 2.38.